The number of para-hydroxylation sites is 1. The summed E-state index contributed by atoms with van der Waals surface area (Å²) >= 11 is 0. The van der Waals surface area contributed by atoms with Crippen LogP contribution in [0.5, 0.6) is 0 Å². The Hall–Kier alpha value is -2.24. The molecule has 6 heteroatoms. The monoisotopic (exact) mass is 276 g/mol. The molecule has 108 valence electrons. The summed E-state index contributed by atoms with van der Waals surface area (Å²) in [6, 6.07) is 9.49. The van der Waals surface area contributed by atoms with Crippen LogP contribution in [0.15, 0.2) is 30.3 Å². The third-order valence-corrected chi connectivity index (χ3v) is 3.48. The van der Waals surface area contributed by atoms with Crippen LogP contribution < -0.4 is 10.2 Å². The second-order valence-corrected chi connectivity index (χ2v) is 4.71. The first-order valence-corrected chi connectivity index (χ1v) is 6.68. The van der Waals surface area contributed by atoms with E-state index < -0.39 is 0 Å². The standard InChI is InChI=1S/C14H20N4O2/c1-15-13(19)16(2)14(20)18-10-8-17(9-11-18)12-6-4-3-5-7-12/h3-7H,8-11H2,1-2H3,(H,15,19). The van der Waals surface area contributed by atoms with Gasteiger partial charge in [0.2, 0.25) is 0 Å². The van der Waals surface area contributed by atoms with Gasteiger partial charge < -0.3 is 15.1 Å². The van der Waals surface area contributed by atoms with E-state index in [1.165, 1.54) is 19.8 Å². The van der Waals surface area contributed by atoms with E-state index in [-0.39, 0.29) is 12.1 Å². The Kier molecular flexibility index (Phi) is 4.45. The van der Waals surface area contributed by atoms with Gasteiger partial charge in [-0.1, -0.05) is 18.2 Å². The number of nitrogens with one attached hydrogen (secondary N) is 1. The molecule has 2 rings (SSSR count). The van der Waals surface area contributed by atoms with Crippen LogP contribution in [0.3, 0.4) is 0 Å². The van der Waals surface area contributed by atoms with Crippen molar-refractivity contribution in [1.29, 1.82) is 0 Å². The number of anilines is 1. The van der Waals surface area contributed by atoms with Crippen molar-refractivity contribution in [3.8, 4) is 0 Å². The van der Waals surface area contributed by atoms with E-state index >= 15 is 0 Å². The highest BCUT2D eigenvalue weighted by Crippen LogP contribution is 2.16. The molecule has 0 bridgehead atoms. The minimum atomic E-state index is -0.388. The minimum Gasteiger partial charge on any atom is -0.368 e. The van der Waals surface area contributed by atoms with Crippen LogP contribution in [0.1, 0.15) is 0 Å². The molecule has 0 radical (unpaired) electrons. The zero-order valence-corrected chi connectivity index (χ0v) is 11.9. The summed E-state index contributed by atoms with van der Waals surface area (Å²) in [5.74, 6) is 0. The Labute approximate surface area is 118 Å². The molecule has 1 aliphatic heterocycles. The van der Waals surface area contributed by atoms with E-state index in [4.69, 9.17) is 0 Å². The van der Waals surface area contributed by atoms with Gasteiger partial charge in [-0.05, 0) is 12.1 Å². The van der Waals surface area contributed by atoms with Gasteiger partial charge in [0.05, 0.1) is 0 Å². The number of benzene rings is 1. The van der Waals surface area contributed by atoms with Gasteiger partial charge in [-0.25, -0.2) is 14.5 Å². The van der Waals surface area contributed by atoms with E-state index in [1.807, 2.05) is 18.2 Å². The van der Waals surface area contributed by atoms with Crippen molar-refractivity contribution >= 4 is 17.7 Å². The lowest BCUT2D eigenvalue weighted by molar-refractivity contribution is 0.160. The summed E-state index contributed by atoms with van der Waals surface area (Å²) in [5.41, 5.74) is 1.17. The molecule has 0 saturated carbocycles. The first kappa shape index (κ1) is 14.2. The van der Waals surface area contributed by atoms with Crippen LogP contribution in [0.4, 0.5) is 15.3 Å². The molecule has 1 heterocycles. The van der Waals surface area contributed by atoms with E-state index in [2.05, 4.69) is 22.3 Å². The fraction of sp³-hybridized carbons (Fsp3) is 0.429. The average molecular weight is 276 g/mol. The fourth-order valence-electron chi connectivity index (χ4n) is 2.26. The van der Waals surface area contributed by atoms with Crippen molar-refractivity contribution in [2.75, 3.05) is 45.2 Å². The van der Waals surface area contributed by atoms with Crippen LogP contribution in [0, 0.1) is 0 Å². The molecule has 6 nitrogen and oxygen atoms in total. The van der Waals surface area contributed by atoms with Crippen LogP contribution in [-0.4, -0.2) is 62.1 Å². The molecular weight excluding hydrogens is 256 g/mol. The smallest absolute Gasteiger partial charge is 0.327 e. The van der Waals surface area contributed by atoms with Gasteiger partial charge >= 0.3 is 12.1 Å². The molecule has 1 aromatic rings. The van der Waals surface area contributed by atoms with E-state index in [1.54, 1.807) is 4.90 Å². The Balaban J connectivity index is 1.91. The minimum absolute atomic E-state index is 0.253. The van der Waals surface area contributed by atoms with Crippen molar-refractivity contribution in [1.82, 2.24) is 15.1 Å². The predicted molar refractivity (Wildman–Crippen MR) is 77.8 cm³/mol. The zero-order valence-electron chi connectivity index (χ0n) is 11.9. The lowest BCUT2D eigenvalue weighted by atomic mass is 10.2. The van der Waals surface area contributed by atoms with Crippen molar-refractivity contribution in [3.63, 3.8) is 0 Å². The molecule has 0 unspecified atom stereocenters. The van der Waals surface area contributed by atoms with Crippen molar-refractivity contribution in [3.05, 3.63) is 30.3 Å². The Morgan fingerprint density at radius 2 is 1.70 bits per heavy atom. The van der Waals surface area contributed by atoms with Gasteiger partial charge in [0.15, 0.2) is 0 Å². The Morgan fingerprint density at radius 1 is 1.10 bits per heavy atom. The van der Waals surface area contributed by atoms with Gasteiger partial charge in [0, 0.05) is 46.0 Å². The highest BCUT2D eigenvalue weighted by Gasteiger charge is 2.26. The number of hydrogen-bond donors (Lipinski definition) is 1. The number of rotatable bonds is 1. The summed E-state index contributed by atoms with van der Waals surface area (Å²) in [5, 5.41) is 2.45. The Morgan fingerprint density at radius 3 is 2.25 bits per heavy atom. The molecular formula is C14H20N4O2. The molecule has 0 spiro atoms. The van der Waals surface area contributed by atoms with Crippen molar-refractivity contribution in [2.45, 2.75) is 0 Å². The van der Waals surface area contributed by atoms with Crippen molar-refractivity contribution < 1.29 is 9.59 Å². The quantitative estimate of drug-likeness (QED) is 0.838. The summed E-state index contributed by atoms with van der Waals surface area (Å²) in [6.07, 6.45) is 0. The number of carbonyl (C=O) groups excluding carboxylic acids is 2. The van der Waals surface area contributed by atoms with Crippen LogP contribution in [0.25, 0.3) is 0 Å². The first-order valence-electron chi connectivity index (χ1n) is 6.68. The maximum Gasteiger partial charge on any atom is 0.327 e. The number of urea groups is 2. The highest BCUT2D eigenvalue weighted by molar-refractivity contribution is 5.93. The number of hydrogen-bond acceptors (Lipinski definition) is 3. The van der Waals surface area contributed by atoms with Crippen LogP contribution in [0.2, 0.25) is 0 Å². The second-order valence-electron chi connectivity index (χ2n) is 4.71. The zero-order chi connectivity index (χ0) is 14.5. The summed E-state index contributed by atoms with van der Waals surface area (Å²) in [4.78, 5) is 28.6. The molecule has 1 N–H and O–H groups in total. The lowest BCUT2D eigenvalue weighted by Gasteiger charge is -2.37. The average Bonchev–Trinajstić information content (AvgIpc) is 2.53. The van der Waals surface area contributed by atoms with Gasteiger partial charge in [-0.15, -0.1) is 0 Å². The van der Waals surface area contributed by atoms with Crippen LogP contribution >= 0.6 is 0 Å². The molecule has 1 aliphatic rings. The van der Waals surface area contributed by atoms with Crippen molar-refractivity contribution in [2.24, 2.45) is 0 Å². The first-order chi connectivity index (χ1) is 9.63. The SMILES string of the molecule is CNC(=O)N(C)C(=O)N1CCN(c2ccccc2)CC1. The van der Waals surface area contributed by atoms with E-state index in [0.29, 0.717) is 13.1 Å². The predicted octanol–water partition coefficient (Wildman–Crippen LogP) is 1.20. The summed E-state index contributed by atoms with van der Waals surface area (Å²) < 4.78 is 0. The molecule has 1 fully saturated rings. The number of amides is 4. The molecule has 4 amide bonds. The highest BCUT2D eigenvalue weighted by atomic mass is 16.2. The largest absolute Gasteiger partial charge is 0.368 e. The number of carbonyl (C=O) groups is 2. The summed E-state index contributed by atoms with van der Waals surface area (Å²) in [7, 11) is 3.00. The van der Waals surface area contributed by atoms with Gasteiger partial charge in [-0.3, -0.25) is 0 Å². The Bertz CT molecular complexity index is 469. The third-order valence-electron chi connectivity index (χ3n) is 3.48. The second kappa shape index (κ2) is 6.27. The third kappa shape index (κ3) is 3.01. The van der Waals surface area contributed by atoms with Gasteiger partial charge in [-0.2, -0.15) is 0 Å². The fourth-order valence-corrected chi connectivity index (χ4v) is 2.26. The molecule has 0 aliphatic carbocycles. The van der Waals surface area contributed by atoms with E-state index in [9.17, 15) is 9.59 Å². The number of nitrogens with zero attached hydrogens (tertiary/aromatic N) is 3. The molecule has 20 heavy (non-hydrogen) atoms. The topological polar surface area (TPSA) is 55.9 Å². The lowest BCUT2D eigenvalue weighted by Crippen LogP contribution is -2.54. The molecule has 1 aromatic carbocycles. The molecule has 0 atom stereocenters. The maximum atomic E-state index is 12.1. The maximum absolute atomic E-state index is 12.1. The van der Waals surface area contributed by atoms with E-state index in [0.717, 1.165) is 18.0 Å². The number of piperazine rings is 1. The van der Waals surface area contributed by atoms with Gasteiger partial charge in [0.25, 0.3) is 0 Å². The van der Waals surface area contributed by atoms with Crippen LogP contribution in [-0.2, 0) is 0 Å². The van der Waals surface area contributed by atoms with Gasteiger partial charge in [0.1, 0.15) is 0 Å². The molecule has 0 aromatic heterocycles. The summed E-state index contributed by atoms with van der Waals surface area (Å²) in [6.45, 7) is 2.79. The molecule has 1 saturated heterocycles. The normalized spacial score (nSPS) is 14.9. The number of imide groups is 1.